The molecular weight excluding hydrogens is 451 g/mol. The third kappa shape index (κ3) is 3.41. The van der Waals surface area contributed by atoms with E-state index in [-0.39, 0.29) is 16.9 Å². The van der Waals surface area contributed by atoms with E-state index in [0.717, 1.165) is 4.47 Å². The molecule has 1 atom stereocenters. The number of halogens is 2. The number of aliphatic hydroxyl groups excluding tert-OH is 1. The van der Waals surface area contributed by atoms with Crippen LogP contribution in [0.4, 0.5) is 10.1 Å². The molecule has 0 aliphatic carbocycles. The molecule has 7 heteroatoms. The predicted molar refractivity (Wildman–Crippen MR) is 114 cm³/mol. The average molecular weight is 467 g/mol. The summed E-state index contributed by atoms with van der Waals surface area (Å²) in [6, 6.07) is 13.6. The number of hydrogen-bond acceptors (Lipinski definition) is 4. The summed E-state index contributed by atoms with van der Waals surface area (Å²) in [6.07, 6.45) is 3.13. The maximum absolute atomic E-state index is 13.7. The summed E-state index contributed by atoms with van der Waals surface area (Å²) in [6.45, 7) is 1.56. The number of aryl methyl sites for hydroxylation is 1. The number of benzene rings is 2. The summed E-state index contributed by atoms with van der Waals surface area (Å²) in [5.74, 6) is -2.36. The summed E-state index contributed by atoms with van der Waals surface area (Å²) >= 11 is 3.38. The van der Waals surface area contributed by atoms with Crippen molar-refractivity contribution in [2.24, 2.45) is 0 Å². The molecule has 2 heterocycles. The zero-order valence-electron chi connectivity index (χ0n) is 15.8. The number of aliphatic hydroxyl groups is 1. The van der Waals surface area contributed by atoms with Crippen molar-refractivity contribution in [3.8, 4) is 0 Å². The number of anilines is 1. The minimum absolute atomic E-state index is 0.0704. The summed E-state index contributed by atoms with van der Waals surface area (Å²) < 4.78 is 14.4. The van der Waals surface area contributed by atoms with Crippen LogP contribution in [0.3, 0.4) is 0 Å². The number of ketones is 1. The van der Waals surface area contributed by atoms with Crippen LogP contribution in [0.15, 0.2) is 77.0 Å². The van der Waals surface area contributed by atoms with Crippen LogP contribution in [-0.4, -0.2) is 21.8 Å². The summed E-state index contributed by atoms with van der Waals surface area (Å²) in [7, 11) is 0. The number of nitrogens with zero attached hydrogens (tertiary/aromatic N) is 2. The number of carbonyl (C=O) groups excluding carboxylic acids is 2. The van der Waals surface area contributed by atoms with Gasteiger partial charge in [-0.2, -0.15) is 0 Å². The van der Waals surface area contributed by atoms with E-state index in [1.807, 2.05) is 0 Å². The molecule has 5 nitrogen and oxygen atoms in total. The second-order valence-corrected chi connectivity index (χ2v) is 7.81. The zero-order valence-corrected chi connectivity index (χ0v) is 17.4. The number of carbonyl (C=O) groups is 2. The highest BCUT2D eigenvalue weighted by atomic mass is 79.9. The van der Waals surface area contributed by atoms with Crippen LogP contribution in [0, 0.1) is 12.7 Å². The molecule has 1 aliphatic rings. The standard InChI is InChI=1S/C23H16BrFN2O3/c1-13-10-14(7-8-18(13)25)21(28)19-20(15-4-3-9-26-12-15)27(23(30)22(19)29)17-6-2-5-16(24)11-17/h2-12,20,28H,1H3/b21-19+. The van der Waals surface area contributed by atoms with E-state index in [2.05, 4.69) is 20.9 Å². The first-order valence-corrected chi connectivity index (χ1v) is 9.91. The molecule has 1 unspecified atom stereocenters. The average Bonchev–Trinajstić information content (AvgIpc) is 3.01. The minimum atomic E-state index is -0.877. The summed E-state index contributed by atoms with van der Waals surface area (Å²) in [5, 5.41) is 11.0. The second-order valence-electron chi connectivity index (χ2n) is 6.90. The topological polar surface area (TPSA) is 70.5 Å². The van der Waals surface area contributed by atoms with Gasteiger partial charge < -0.3 is 5.11 Å². The molecule has 0 saturated carbocycles. The molecule has 4 rings (SSSR count). The van der Waals surface area contributed by atoms with Gasteiger partial charge in [-0.25, -0.2) is 4.39 Å². The maximum atomic E-state index is 13.7. The number of hydrogen-bond donors (Lipinski definition) is 1. The fourth-order valence-electron chi connectivity index (χ4n) is 3.53. The molecule has 2 aromatic carbocycles. The Hall–Kier alpha value is -3.32. The van der Waals surface area contributed by atoms with E-state index >= 15 is 0 Å². The molecule has 1 saturated heterocycles. The fraction of sp³-hybridized carbons (Fsp3) is 0.0870. The Morgan fingerprint density at radius 2 is 1.93 bits per heavy atom. The van der Waals surface area contributed by atoms with Crippen LogP contribution < -0.4 is 4.90 Å². The normalized spacial score (nSPS) is 18.1. The Labute approximate surface area is 180 Å². The van der Waals surface area contributed by atoms with Crippen molar-refractivity contribution in [1.29, 1.82) is 0 Å². The lowest BCUT2D eigenvalue weighted by atomic mass is 9.95. The van der Waals surface area contributed by atoms with Crippen molar-refractivity contribution in [2.75, 3.05) is 4.90 Å². The SMILES string of the molecule is Cc1cc(/C(O)=C2\C(=O)C(=O)N(c3cccc(Br)c3)C2c2cccnc2)ccc1F. The van der Waals surface area contributed by atoms with E-state index in [4.69, 9.17) is 0 Å². The Bertz CT molecular complexity index is 1190. The number of pyridine rings is 1. The lowest BCUT2D eigenvalue weighted by Gasteiger charge is -2.25. The molecule has 0 radical (unpaired) electrons. The van der Waals surface area contributed by atoms with Crippen LogP contribution in [0.25, 0.3) is 5.76 Å². The second kappa shape index (κ2) is 7.84. The molecule has 1 aromatic heterocycles. The lowest BCUT2D eigenvalue weighted by molar-refractivity contribution is -0.132. The van der Waals surface area contributed by atoms with E-state index in [1.165, 1.54) is 23.1 Å². The highest BCUT2D eigenvalue weighted by molar-refractivity contribution is 9.10. The summed E-state index contributed by atoms with van der Waals surface area (Å²) in [4.78, 5) is 31.5. The van der Waals surface area contributed by atoms with Crippen molar-refractivity contribution < 1.29 is 19.1 Å². The Morgan fingerprint density at radius 3 is 2.60 bits per heavy atom. The zero-order chi connectivity index (χ0) is 21.4. The van der Waals surface area contributed by atoms with Crippen molar-refractivity contribution in [3.05, 3.63) is 99.5 Å². The molecule has 1 amide bonds. The van der Waals surface area contributed by atoms with Gasteiger partial charge >= 0.3 is 0 Å². The van der Waals surface area contributed by atoms with E-state index < -0.39 is 23.5 Å². The van der Waals surface area contributed by atoms with Crippen molar-refractivity contribution in [1.82, 2.24) is 4.98 Å². The van der Waals surface area contributed by atoms with E-state index in [0.29, 0.717) is 16.8 Å². The molecule has 3 aromatic rings. The van der Waals surface area contributed by atoms with Gasteiger partial charge in [-0.15, -0.1) is 0 Å². The highest BCUT2D eigenvalue weighted by Gasteiger charge is 2.47. The van der Waals surface area contributed by atoms with Gasteiger partial charge in [0.15, 0.2) is 0 Å². The molecule has 1 aliphatic heterocycles. The number of Topliss-reactive ketones (excluding diaryl/α,β-unsaturated/α-hetero) is 1. The van der Waals surface area contributed by atoms with Gasteiger partial charge in [-0.05, 0) is 60.5 Å². The van der Waals surface area contributed by atoms with Gasteiger partial charge in [0.25, 0.3) is 11.7 Å². The first-order valence-electron chi connectivity index (χ1n) is 9.11. The van der Waals surface area contributed by atoms with Gasteiger partial charge in [-0.3, -0.25) is 19.5 Å². The molecular formula is C23H16BrFN2O3. The summed E-state index contributed by atoms with van der Waals surface area (Å²) in [5.41, 5.74) is 1.57. The highest BCUT2D eigenvalue weighted by Crippen LogP contribution is 2.42. The van der Waals surface area contributed by atoms with Crippen LogP contribution >= 0.6 is 15.9 Å². The van der Waals surface area contributed by atoms with Crippen molar-refractivity contribution >= 4 is 39.1 Å². The molecule has 0 bridgehead atoms. The molecule has 0 spiro atoms. The molecule has 1 N–H and O–H groups in total. The number of aromatic nitrogens is 1. The lowest BCUT2D eigenvalue weighted by Crippen LogP contribution is -2.29. The Balaban J connectivity index is 1.95. The van der Waals surface area contributed by atoms with Gasteiger partial charge in [0.2, 0.25) is 0 Å². The van der Waals surface area contributed by atoms with Crippen LogP contribution in [-0.2, 0) is 9.59 Å². The quantitative estimate of drug-likeness (QED) is 0.338. The molecule has 1 fully saturated rings. The van der Waals surface area contributed by atoms with Gasteiger partial charge in [0.1, 0.15) is 11.6 Å². The Kier molecular flexibility index (Phi) is 5.22. The minimum Gasteiger partial charge on any atom is -0.507 e. The fourth-order valence-corrected chi connectivity index (χ4v) is 3.91. The molecule has 30 heavy (non-hydrogen) atoms. The maximum Gasteiger partial charge on any atom is 0.300 e. The first kappa shape index (κ1) is 20.0. The largest absolute Gasteiger partial charge is 0.507 e. The third-order valence-electron chi connectivity index (χ3n) is 4.96. The van der Waals surface area contributed by atoms with Crippen LogP contribution in [0.5, 0.6) is 0 Å². The van der Waals surface area contributed by atoms with Crippen LogP contribution in [0.2, 0.25) is 0 Å². The first-order chi connectivity index (χ1) is 14.4. The Morgan fingerprint density at radius 1 is 1.13 bits per heavy atom. The third-order valence-corrected chi connectivity index (χ3v) is 5.46. The van der Waals surface area contributed by atoms with Gasteiger partial charge in [0.05, 0.1) is 11.6 Å². The van der Waals surface area contributed by atoms with Crippen LogP contribution in [0.1, 0.15) is 22.7 Å². The van der Waals surface area contributed by atoms with Gasteiger partial charge in [0, 0.05) is 28.1 Å². The smallest absolute Gasteiger partial charge is 0.300 e. The predicted octanol–water partition coefficient (Wildman–Crippen LogP) is 4.92. The van der Waals surface area contributed by atoms with Crippen molar-refractivity contribution in [3.63, 3.8) is 0 Å². The number of amides is 1. The monoisotopic (exact) mass is 466 g/mol. The number of rotatable bonds is 3. The van der Waals surface area contributed by atoms with Gasteiger partial charge in [-0.1, -0.05) is 28.1 Å². The molecule has 150 valence electrons. The van der Waals surface area contributed by atoms with Crippen molar-refractivity contribution in [2.45, 2.75) is 13.0 Å². The van der Waals surface area contributed by atoms with E-state index in [1.54, 1.807) is 55.7 Å². The van der Waals surface area contributed by atoms with E-state index in [9.17, 15) is 19.1 Å².